The molecule has 1 aromatic carbocycles. The average molecular weight is 300 g/mol. The second-order valence-electron chi connectivity index (χ2n) is 3.07. The van der Waals surface area contributed by atoms with E-state index in [2.05, 4.69) is 26.1 Å². The minimum atomic E-state index is -1.02. The fourth-order valence-corrected chi connectivity index (χ4v) is 1.70. The van der Waals surface area contributed by atoms with Gasteiger partial charge in [0.1, 0.15) is 6.42 Å². The summed E-state index contributed by atoms with van der Waals surface area (Å²) in [6, 6.07) is 4.13. The molecule has 2 aromatic rings. The van der Waals surface area contributed by atoms with Gasteiger partial charge in [-0.25, -0.2) is 8.78 Å². The van der Waals surface area contributed by atoms with Gasteiger partial charge in [0.05, 0.1) is 10.5 Å². The van der Waals surface area contributed by atoms with Crippen molar-refractivity contribution in [2.75, 3.05) is 0 Å². The summed E-state index contributed by atoms with van der Waals surface area (Å²) < 4.78 is 30.8. The van der Waals surface area contributed by atoms with Gasteiger partial charge >= 0.3 is 0 Å². The van der Waals surface area contributed by atoms with E-state index in [0.717, 1.165) is 6.07 Å². The van der Waals surface area contributed by atoms with Crippen LogP contribution in [-0.4, -0.2) is 10.1 Å². The number of rotatable bonds is 2. The third-order valence-corrected chi connectivity index (χ3v) is 2.75. The molecule has 4 nitrogen and oxygen atoms in total. The van der Waals surface area contributed by atoms with Gasteiger partial charge in [0, 0.05) is 5.56 Å². The van der Waals surface area contributed by atoms with Crippen LogP contribution in [0.15, 0.2) is 21.1 Å². The third-order valence-electron chi connectivity index (χ3n) is 1.97. The van der Waals surface area contributed by atoms with Gasteiger partial charge in [-0.2, -0.15) is 10.2 Å². The van der Waals surface area contributed by atoms with Crippen LogP contribution in [0, 0.1) is 23.0 Å². The van der Waals surface area contributed by atoms with Crippen LogP contribution in [0.1, 0.15) is 5.89 Å². The molecule has 17 heavy (non-hydrogen) atoms. The second kappa shape index (κ2) is 4.59. The molecule has 0 bridgehead atoms. The molecule has 0 atom stereocenters. The molecular formula is C10H4BrF2N3O. The van der Waals surface area contributed by atoms with Gasteiger partial charge in [0.2, 0.25) is 11.7 Å². The Kier molecular flexibility index (Phi) is 3.15. The van der Waals surface area contributed by atoms with Crippen LogP contribution in [0.25, 0.3) is 11.4 Å². The van der Waals surface area contributed by atoms with Crippen LogP contribution in [-0.2, 0) is 6.42 Å². The Bertz CT molecular complexity index is 606. The summed E-state index contributed by atoms with van der Waals surface area (Å²) in [5.74, 6) is -1.77. The first kappa shape index (κ1) is 11.7. The van der Waals surface area contributed by atoms with Crippen LogP contribution in [0.2, 0.25) is 0 Å². The minimum absolute atomic E-state index is 0.0334. The Balaban J connectivity index is 2.46. The summed E-state index contributed by atoms with van der Waals surface area (Å²) in [6.07, 6.45) is -0.0334. The van der Waals surface area contributed by atoms with Crippen LogP contribution >= 0.6 is 15.9 Å². The molecule has 0 saturated heterocycles. The first-order valence-corrected chi connectivity index (χ1v) is 5.26. The Labute approximate surface area is 103 Å². The number of nitriles is 1. The molecule has 86 valence electrons. The van der Waals surface area contributed by atoms with Crippen LogP contribution in [0.3, 0.4) is 0 Å². The maximum Gasteiger partial charge on any atom is 0.241 e. The van der Waals surface area contributed by atoms with Crippen LogP contribution < -0.4 is 0 Å². The maximum atomic E-state index is 13.3. The van der Waals surface area contributed by atoms with Crippen molar-refractivity contribution in [3.05, 3.63) is 34.1 Å². The quantitative estimate of drug-likeness (QED) is 0.800. The van der Waals surface area contributed by atoms with Crippen molar-refractivity contribution in [2.24, 2.45) is 0 Å². The molecule has 0 spiro atoms. The molecule has 0 aliphatic heterocycles. The number of aromatic nitrogens is 2. The highest BCUT2D eigenvalue weighted by Crippen LogP contribution is 2.29. The highest BCUT2D eigenvalue weighted by Gasteiger charge is 2.16. The topological polar surface area (TPSA) is 62.7 Å². The Morgan fingerprint density at radius 3 is 2.88 bits per heavy atom. The van der Waals surface area contributed by atoms with Gasteiger partial charge in [0.15, 0.2) is 11.6 Å². The lowest BCUT2D eigenvalue weighted by molar-refractivity contribution is 0.387. The summed E-state index contributed by atoms with van der Waals surface area (Å²) >= 11 is 2.91. The predicted octanol–water partition coefficient (Wildman–Crippen LogP) is 2.84. The third kappa shape index (κ3) is 2.17. The molecular weight excluding hydrogens is 296 g/mol. The number of benzene rings is 1. The Morgan fingerprint density at radius 2 is 2.18 bits per heavy atom. The predicted molar refractivity (Wildman–Crippen MR) is 56.7 cm³/mol. The van der Waals surface area contributed by atoms with Gasteiger partial charge in [-0.15, -0.1) is 0 Å². The smallest absolute Gasteiger partial charge is 0.241 e. The van der Waals surface area contributed by atoms with E-state index >= 15 is 0 Å². The van der Waals surface area contributed by atoms with E-state index in [1.54, 1.807) is 0 Å². The van der Waals surface area contributed by atoms with Gasteiger partial charge < -0.3 is 4.52 Å². The fraction of sp³-hybridized carbons (Fsp3) is 0.100. The zero-order valence-corrected chi connectivity index (χ0v) is 9.83. The summed E-state index contributed by atoms with van der Waals surface area (Å²) in [4.78, 5) is 3.88. The van der Waals surface area contributed by atoms with Gasteiger partial charge in [-0.3, -0.25) is 0 Å². The summed E-state index contributed by atoms with van der Waals surface area (Å²) in [6.45, 7) is 0. The largest absolute Gasteiger partial charge is 0.338 e. The van der Waals surface area contributed by atoms with E-state index in [1.165, 1.54) is 6.07 Å². The summed E-state index contributed by atoms with van der Waals surface area (Å²) in [5, 5.41) is 12.0. The lowest BCUT2D eigenvalue weighted by Gasteiger charge is -2.00. The normalized spacial score (nSPS) is 10.2. The zero-order valence-electron chi connectivity index (χ0n) is 8.25. The highest BCUT2D eigenvalue weighted by atomic mass is 79.9. The Morgan fingerprint density at radius 1 is 1.41 bits per heavy atom. The monoisotopic (exact) mass is 299 g/mol. The van der Waals surface area contributed by atoms with Crippen LogP contribution in [0.5, 0.6) is 0 Å². The number of hydrogen-bond donors (Lipinski definition) is 0. The second-order valence-corrected chi connectivity index (χ2v) is 3.86. The van der Waals surface area contributed by atoms with E-state index in [-0.39, 0.29) is 28.2 Å². The van der Waals surface area contributed by atoms with Crippen molar-refractivity contribution < 1.29 is 13.3 Å². The van der Waals surface area contributed by atoms with E-state index in [1.807, 2.05) is 6.07 Å². The van der Waals surface area contributed by atoms with Crippen molar-refractivity contribution in [1.29, 1.82) is 5.26 Å². The van der Waals surface area contributed by atoms with Gasteiger partial charge in [-0.05, 0) is 28.1 Å². The molecule has 0 radical (unpaired) electrons. The molecule has 0 aliphatic rings. The average Bonchev–Trinajstić information content (AvgIpc) is 2.75. The zero-order chi connectivity index (χ0) is 12.4. The molecule has 0 saturated carbocycles. The molecule has 0 unspecified atom stereocenters. The van der Waals surface area contributed by atoms with E-state index in [0.29, 0.717) is 0 Å². The van der Waals surface area contributed by atoms with Crippen LogP contribution in [0.4, 0.5) is 8.78 Å². The molecule has 0 fully saturated rings. The van der Waals surface area contributed by atoms with Gasteiger partial charge in [-0.1, -0.05) is 5.16 Å². The summed E-state index contributed by atoms with van der Waals surface area (Å²) in [7, 11) is 0. The molecule has 1 heterocycles. The molecule has 7 heteroatoms. The van der Waals surface area contributed by atoms with E-state index in [9.17, 15) is 8.78 Å². The van der Waals surface area contributed by atoms with Crippen molar-refractivity contribution in [3.63, 3.8) is 0 Å². The summed E-state index contributed by atoms with van der Waals surface area (Å²) in [5.41, 5.74) is 0.261. The maximum absolute atomic E-state index is 13.3. The van der Waals surface area contributed by atoms with E-state index in [4.69, 9.17) is 9.78 Å². The molecule has 0 N–H and O–H groups in total. The number of nitrogens with zero attached hydrogens (tertiary/aromatic N) is 3. The van der Waals surface area contributed by atoms with Crippen molar-refractivity contribution >= 4 is 15.9 Å². The first-order chi connectivity index (χ1) is 8.13. The standard InChI is InChI=1S/C10H4BrF2N3O/c11-8-5(1-2-6(12)9(8)13)10-15-7(3-4-14)17-16-10/h1-2H,3H2. The molecule has 2 rings (SSSR count). The highest BCUT2D eigenvalue weighted by molar-refractivity contribution is 9.10. The lowest BCUT2D eigenvalue weighted by atomic mass is 10.2. The lowest BCUT2D eigenvalue weighted by Crippen LogP contribution is -1.91. The Hall–Kier alpha value is -1.81. The van der Waals surface area contributed by atoms with E-state index < -0.39 is 11.6 Å². The van der Waals surface area contributed by atoms with Crippen molar-refractivity contribution in [1.82, 2.24) is 10.1 Å². The molecule has 0 amide bonds. The van der Waals surface area contributed by atoms with Crippen molar-refractivity contribution in [2.45, 2.75) is 6.42 Å². The molecule has 1 aromatic heterocycles. The number of halogens is 3. The van der Waals surface area contributed by atoms with Gasteiger partial charge in [0.25, 0.3) is 0 Å². The number of hydrogen-bond acceptors (Lipinski definition) is 4. The SMILES string of the molecule is N#CCc1nc(-c2ccc(F)c(F)c2Br)no1. The molecule has 0 aliphatic carbocycles. The minimum Gasteiger partial charge on any atom is -0.338 e. The van der Waals surface area contributed by atoms with Crippen molar-refractivity contribution in [3.8, 4) is 17.5 Å². The fourth-order valence-electron chi connectivity index (χ4n) is 1.20. The first-order valence-electron chi connectivity index (χ1n) is 4.47.